The van der Waals surface area contributed by atoms with Gasteiger partial charge in [0.15, 0.2) is 5.54 Å². The normalized spacial score (nSPS) is 20.4. The molecule has 0 amide bonds. The van der Waals surface area contributed by atoms with Crippen LogP contribution in [-0.4, -0.2) is 19.2 Å². The standard InChI is InChI=1S/C17H17BrN2O2/c1-2-21-15-8-6-12(7-9-15)17(11-22-16(19)20-17)13-4-3-5-14(18)10-13/h3-10H,2,11H2,1H3,(H2,19,20). The van der Waals surface area contributed by atoms with Gasteiger partial charge in [-0.1, -0.05) is 40.2 Å². The first kappa shape index (κ1) is 14.9. The minimum atomic E-state index is -0.612. The van der Waals surface area contributed by atoms with E-state index in [4.69, 9.17) is 15.2 Å². The summed E-state index contributed by atoms with van der Waals surface area (Å²) in [5.41, 5.74) is 7.24. The Morgan fingerprint density at radius 2 is 2.00 bits per heavy atom. The van der Waals surface area contributed by atoms with E-state index in [1.54, 1.807) is 0 Å². The van der Waals surface area contributed by atoms with Crippen LogP contribution in [0, 0.1) is 0 Å². The van der Waals surface area contributed by atoms with Crippen molar-refractivity contribution in [3.05, 3.63) is 64.1 Å². The second kappa shape index (κ2) is 6.01. The van der Waals surface area contributed by atoms with Crippen molar-refractivity contribution in [3.8, 4) is 5.75 Å². The molecule has 5 heteroatoms. The van der Waals surface area contributed by atoms with Crippen molar-refractivity contribution in [2.75, 3.05) is 13.2 Å². The summed E-state index contributed by atoms with van der Waals surface area (Å²) in [4.78, 5) is 4.59. The van der Waals surface area contributed by atoms with Crippen molar-refractivity contribution in [3.63, 3.8) is 0 Å². The Hall–Kier alpha value is -2.01. The highest BCUT2D eigenvalue weighted by Crippen LogP contribution is 2.38. The van der Waals surface area contributed by atoms with Crippen LogP contribution in [0.1, 0.15) is 18.1 Å². The first-order valence-corrected chi connectivity index (χ1v) is 7.91. The summed E-state index contributed by atoms with van der Waals surface area (Å²) >= 11 is 3.51. The molecule has 2 N–H and O–H groups in total. The summed E-state index contributed by atoms with van der Waals surface area (Å²) in [6, 6.07) is 16.2. The fourth-order valence-corrected chi connectivity index (χ4v) is 3.03. The number of aliphatic imine (C=N–C) groups is 1. The largest absolute Gasteiger partial charge is 0.494 e. The van der Waals surface area contributed by atoms with Crippen molar-refractivity contribution >= 4 is 22.0 Å². The topological polar surface area (TPSA) is 56.8 Å². The Morgan fingerprint density at radius 3 is 2.59 bits per heavy atom. The van der Waals surface area contributed by atoms with Crippen LogP contribution in [0.2, 0.25) is 0 Å². The molecule has 1 aliphatic heterocycles. The van der Waals surface area contributed by atoms with Gasteiger partial charge in [0.25, 0.3) is 6.02 Å². The lowest BCUT2D eigenvalue weighted by atomic mass is 9.84. The van der Waals surface area contributed by atoms with Gasteiger partial charge >= 0.3 is 0 Å². The van der Waals surface area contributed by atoms with Crippen molar-refractivity contribution in [1.29, 1.82) is 0 Å². The van der Waals surface area contributed by atoms with Crippen molar-refractivity contribution < 1.29 is 9.47 Å². The number of benzene rings is 2. The van der Waals surface area contributed by atoms with Gasteiger partial charge in [-0.25, -0.2) is 4.99 Å². The lowest BCUT2D eigenvalue weighted by molar-refractivity contribution is 0.278. The van der Waals surface area contributed by atoms with Gasteiger partial charge in [-0.3, -0.25) is 0 Å². The van der Waals surface area contributed by atoms with E-state index < -0.39 is 5.54 Å². The van der Waals surface area contributed by atoms with Gasteiger partial charge in [0.05, 0.1) is 6.61 Å². The van der Waals surface area contributed by atoms with Crippen molar-refractivity contribution in [1.82, 2.24) is 0 Å². The Balaban J connectivity index is 2.07. The van der Waals surface area contributed by atoms with Gasteiger partial charge in [0.1, 0.15) is 12.4 Å². The molecule has 2 aromatic carbocycles. The molecule has 4 nitrogen and oxygen atoms in total. The number of amidine groups is 1. The molecule has 0 spiro atoms. The highest BCUT2D eigenvalue weighted by molar-refractivity contribution is 9.10. The summed E-state index contributed by atoms with van der Waals surface area (Å²) < 4.78 is 12.0. The van der Waals surface area contributed by atoms with Gasteiger partial charge < -0.3 is 15.2 Å². The predicted octanol–water partition coefficient (Wildman–Crippen LogP) is 3.44. The van der Waals surface area contributed by atoms with Gasteiger partial charge in [-0.2, -0.15) is 0 Å². The molecule has 1 unspecified atom stereocenters. The van der Waals surface area contributed by atoms with Gasteiger partial charge in [0, 0.05) is 4.47 Å². The maximum atomic E-state index is 5.79. The molecule has 1 aliphatic rings. The third-order valence-corrected chi connectivity index (χ3v) is 4.17. The average Bonchev–Trinajstić information content (AvgIpc) is 2.92. The second-order valence-corrected chi connectivity index (χ2v) is 5.98. The van der Waals surface area contributed by atoms with Crippen LogP contribution >= 0.6 is 15.9 Å². The SMILES string of the molecule is CCOc1ccc(C2(c3cccc(Br)c3)COC(N)=N2)cc1. The predicted molar refractivity (Wildman–Crippen MR) is 90.1 cm³/mol. The van der Waals surface area contributed by atoms with Crippen LogP contribution in [0.5, 0.6) is 5.75 Å². The van der Waals surface area contributed by atoms with E-state index in [2.05, 4.69) is 20.9 Å². The summed E-state index contributed by atoms with van der Waals surface area (Å²) in [6.07, 6.45) is 0. The molecule has 0 radical (unpaired) electrons. The number of hydrogen-bond acceptors (Lipinski definition) is 4. The molecule has 0 saturated carbocycles. The molecular weight excluding hydrogens is 344 g/mol. The first-order valence-electron chi connectivity index (χ1n) is 7.11. The molecule has 114 valence electrons. The molecule has 1 heterocycles. The maximum absolute atomic E-state index is 5.79. The number of nitrogens with zero attached hydrogens (tertiary/aromatic N) is 1. The quantitative estimate of drug-likeness (QED) is 0.908. The van der Waals surface area contributed by atoms with Gasteiger partial charge in [0.2, 0.25) is 0 Å². The maximum Gasteiger partial charge on any atom is 0.283 e. The molecule has 0 bridgehead atoms. The Kier molecular flexibility index (Phi) is 4.07. The monoisotopic (exact) mass is 360 g/mol. The number of rotatable bonds is 4. The van der Waals surface area contributed by atoms with E-state index in [1.807, 2.05) is 55.5 Å². The first-order chi connectivity index (χ1) is 10.6. The van der Waals surface area contributed by atoms with Crippen molar-refractivity contribution in [2.24, 2.45) is 10.7 Å². The zero-order valence-corrected chi connectivity index (χ0v) is 13.8. The summed E-state index contributed by atoms with van der Waals surface area (Å²) in [5, 5.41) is 0. The third kappa shape index (κ3) is 2.68. The lowest BCUT2D eigenvalue weighted by Crippen LogP contribution is -2.27. The number of halogens is 1. The molecule has 3 rings (SSSR count). The Morgan fingerprint density at radius 1 is 1.23 bits per heavy atom. The van der Waals surface area contributed by atoms with Crippen molar-refractivity contribution in [2.45, 2.75) is 12.5 Å². The van der Waals surface area contributed by atoms with Crippen LogP contribution in [0.25, 0.3) is 0 Å². The van der Waals surface area contributed by atoms with E-state index in [0.29, 0.717) is 13.2 Å². The number of nitrogens with two attached hydrogens (primary N) is 1. The smallest absolute Gasteiger partial charge is 0.283 e. The molecule has 2 aromatic rings. The molecule has 0 aromatic heterocycles. The van der Waals surface area contributed by atoms with Crippen LogP contribution in [0.4, 0.5) is 0 Å². The third-order valence-electron chi connectivity index (χ3n) is 3.68. The minimum absolute atomic E-state index is 0.217. The Labute approximate surface area is 138 Å². The van der Waals surface area contributed by atoms with E-state index in [0.717, 1.165) is 21.3 Å². The highest BCUT2D eigenvalue weighted by atomic mass is 79.9. The molecule has 1 atom stereocenters. The minimum Gasteiger partial charge on any atom is -0.494 e. The van der Waals surface area contributed by atoms with Crippen LogP contribution < -0.4 is 10.5 Å². The second-order valence-electron chi connectivity index (χ2n) is 5.07. The summed E-state index contributed by atoms with van der Waals surface area (Å²) in [6.45, 7) is 3.00. The highest BCUT2D eigenvalue weighted by Gasteiger charge is 2.40. The summed E-state index contributed by atoms with van der Waals surface area (Å²) in [7, 11) is 0. The zero-order valence-electron chi connectivity index (χ0n) is 12.3. The van der Waals surface area contributed by atoms with E-state index in [9.17, 15) is 0 Å². The van der Waals surface area contributed by atoms with E-state index >= 15 is 0 Å². The fraction of sp³-hybridized carbons (Fsp3) is 0.235. The van der Waals surface area contributed by atoms with Gasteiger partial charge in [-0.05, 0) is 42.3 Å². The summed E-state index contributed by atoms with van der Waals surface area (Å²) in [5.74, 6) is 0.839. The number of ether oxygens (including phenoxy) is 2. The molecular formula is C17H17BrN2O2. The average molecular weight is 361 g/mol. The molecule has 0 aliphatic carbocycles. The number of hydrogen-bond donors (Lipinski definition) is 1. The zero-order chi connectivity index (χ0) is 15.6. The van der Waals surface area contributed by atoms with Crippen LogP contribution in [0.3, 0.4) is 0 Å². The Bertz CT molecular complexity index is 700. The fourth-order valence-electron chi connectivity index (χ4n) is 2.63. The van der Waals surface area contributed by atoms with Crippen LogP contribution in [0.15, 0.2) is 58.0 Å². The lowest BCUT2D eigenvalue weighted by Gasteiger charge is -2.25. The molecule has 0 saturated heterocycles. The van der Waals surface area contributed by atoms with E-state index in [-0.39, 0.29) is 6.02 Å². The van der Waals surface area contributed by atoms with Gasteiger partial charge in [-0.15, -0.1) is 0 Å². The molecule has 0 fully saturated rings. The van der Waals surface area contributed by atoms with Crippen LogP contribution in [-0.2, 0) is 10.3 Å². The van der Waals surface area contributed by atoms with E-state index in [1.165, 1.54) is 0 Å². The molecule has 22 heavy (non-hydrogen) atoms.